The van der Waals surface area contributed by atoms with Crippen LogP contribution in [0, 0.1) is 5.92 Å². The number of nitrogens with one attached hydrogen (secondary N) is 1. The first kappa shape index (κ1) is 16.9. The number of carbonyl (C=O) groups is 1. The summed E-state index contributed by atoms with van der Waals surface area (Å²) in [4.78, 5) is 17.2. The Morgan fingerprint density at radius 1 is 1.28 bits per heavy atom. The molecule has 0 bridgehead atoms. The number of benzene rings is 1. The largest absolute Gasteiger partial charge is 0.482 e. The van der Waals surface area contributed by atoms with Crippen LogP contribution in [0.4, 0.5) is 5.69 Å². The molecule has 3 aliphatic heterocycles. The molecular weight excluding hydrogens is 314 g/mol. The molecule has 2 fully saturated rings. The van der Waals surface area contributed by atoms with Crippen LogP contribution in [-0.2, 0) is 4.79 Å². The first-order valence-electron chi connectivity index (χ1n) is 9.76. The Bertz CT molecular complexity index is 619. The summed E-state index contributed by atoms with van der Waals surface area (Å²) < 4.78 is 5.60. The lowest BCUT2D eigenvalue weighted by Crippen LogP contribution is -2.62. The molecule has 3 heterocycles. The molecule has 0 saturated carbocycles. The van der Waals surface area contributed by atoms with Gasteiger partial charge in [0.25, 0.3) is 5.91 Å². The van der Waals surface area contributed by atoms with Crippen LogP contribution in [0.2, 0.25) is 0 Å². The van der Waals surface area contributed by atoms with Crippen LogP contribution >= 0.6 is 0 Å². The number of carbonyl (C=O) groups excluding carboxylic acids is 1. The van der Waals surface area contributed by atoms with E-state index in [-0.39, 0.29) is 12.5 Å². The summed E-state index contributed by atoms with van der Waals surface area (Å²) in [5, 5.41) is 3.65. The van der Waals surface area contributed by atoms with Crippen LogP contribution in [-0.4, -0.2) is 55.7 Å². The number of nitrogens with zero attached hydrogens (tertiary/aromatic N) is 2. The highest BCUT2D eigenvalue weighted by molar-refractivity contribution is 5.97. The second kappa shape index (κ2) is 7.34. The average Bonchev–Trinajstić information content (AvgIpc) is 2.67. The monoisotopic (exact) mass is 343 g/mol. The molecule has 1 aromatic carbocycles. The van der Waals surface area contributed by atoms with Gasteiger partial charge < -0.3 is 15.0 Å². The van der Waals surface area contributed by atoms with E-state index in [0.717, 1.165) is 37.5 Å². The van der Waals surface area contributed by atoms with Crippen molar-refractivity contribution in [1.29, 1.82) is 0 Å². The third-order valence-corrected chi connectivity index (χ3v) is 6.13. The van der Waals surface area contributed by atoms with Crippen molar-refractivity contribution in [2.75, 3.05) is 37.7 Å². The standard InChI is InChI=1S/C20H29N3O2/c1-2-15(18-12-21-11-16-7-5-6-10-22(16)18)13-23-17-8-3-4-9-19(17)25-14-20(23)24/h3-4,8-9,15-16,18,21H,2,5-7,10-14H2,1H3. The van der Waals surface area contributed by atoms with Gasteiger partial charge in [-0.2, -0.15) is 0 Å². The van der Waals surface area contributed by atoms with E-state index >= 15 is 0 Å². The van der Waals surface area contributed by atoms with E-state index in [1.807, 2.05) is 29.2 Å². The second-order valence-corrected chi connectivity index (χ2v) is 7.54. The molecule has 3 unspecified atom stereocenters. The molecule has 0 radical (unpaired) electrons. The molecule has 5 nitrogen and oxygen atoms in total. The van der Waals surface area contributed by atoms with E-state index < -0.39 is 0 Å². The number of anilines is 1. The molecule has 1 N–H and O–H groups in total. The molecule has 25 heavy (non-hydrogen) atoms. The van der Waals surface area contributed by atoms with Crippen LogP contribution in [0.25, 0.3) is 0 Å². The minimum atomic E-state index is 0.0797. The Labute approximate surface area is 150 Å². The van der Waals surface area contributed by atoms with Crippen molar-refractivity contribution in [3.63, 3.8) is 0 Å². The number of ether oxygens (including phenoxy) is 1. The Balaban J connectivity index is 1.54. The maximum Gasteiger partial charge on any atom is 0.265 e. The highest BCUT2D eigenvalue weighted by atomic mass is 16.5. The van der Waals surface area contributed by atoms with Crippen molar-refractivity contribution >= 4 is 11.6 Å². The van der Waals surface area contributed by atoms with Crippen molar-refractivity contribution < 1.29 is 9.53 Å². The fraction of sp³-hybridized carbons (Fsp3) is 0.650. The summed E-state index contributed by atoms with van der Waals surface area (Å²) >= 11 is 0. The molecule has 5 heteroatoms. The molecular formula is C20H29N3O2. The minimum absolute atomic E-state index is 0.0797. The second-order valence-electron chi connectivity index (χ2n) is 7.54. The molecule has 4 rings (SSSR count). The van der Waals surface area contributed by atoms with Gasteiger partial charge >= 0.3 is 0 Å². The lowest BCUT2D eigenvalue weighted by molar-refractivity contribution is -0.121. The van der Waals surface area contributed by atoms with Crippen molar-refractivity contribution in [1.82, 2.24) is 10.2 Å². The van der Waals surface area contributed by atoms with Crippen LogP contribution in [0.5, 0.6) is 5.75 Å². The summed E-state index contributed by atoms with van der Waals surface area (Å²) in [5.74, 6) is 1.38. The van der Waals surface area contributed by atoms with Gasteiger partial charge in [-0.25, -0.2) is 0 Å². The minimum Gasteiger partial charge on any atom is -0.482 e. The lowest BCUT2D eigenvalue weighted by Gasteiger charge is -2.49. The molecule has 136 valence electrons. The van der Waals surface area contributed by atoms with Crippen LogP contribution in [0.15, 0.2) is 24.3 Å². The van der Waals surface area contributed by atoms with E-state index in [1.165, 1.54) is 25.8 Å². The summed E-state index contributed by atoms with van der Waals surface area (Å²) in [5.41, 5.74) is 0.927. The highest BCUT2D eigenvalue weighted by Gasteiger charge is 2.38. The molecule has 1 amide bonds. The van der Waals surface area contributed by atoms with Gasteiger partial charge in [-0.1, -0.05) is 31.9 Å². The summed E-state index contributed by atoms with van der Waals surface area (Å²) in [6, 6.07) is 9.10. The smallest absolute Gasteiger partial charge is 0.265 e. The summed E-state index contributed by atoms with van der Waals surface area (Å²) in [7, 11) is 0. The topological polar surface area (TPSA) is 44.8 Å². The number of hydrogen-bond donors (Lipinski definition) is 1. The predicted octanol–water partition coefficient (Wildman–Crippen LogP) is 2.26. The molecule has 0 aromatic heterocycles. The third kappa shape index (κ3) is 3.27. The van der Waals surface area contributed by atoms with E-state index in [4.69, 9.17) is 4.74 Å². The maximum absolute atomic E-state index is 12.5. The van der Waals surface area contributed by atoms with Gasteiger partial charge in [-0.15, -0.1) is 0 Å². The summed E-state index contributed by atoms with van der Waals surface area (Å²) in [6.45, 7) is 6.56. The maximum atomic E-state index is 12.5. The number of piperazine rings is 1. The number of rotatable bonds is 4. The number of piperidine rings is 1. The van der Waals surface area contributed by atoms with E-state index in [0.29, 0.717) is 18.0 Å². The van der Waals surface area contributed by atoms with Crippen molar-refractivity contribution in [2.45, 2.75) is 44.7 Å². The first-order valence-corrected chi connectivity index (χ1v) is 9.76. The van der Waals surface area contributed by atoms with Crippen molar-refractivity contribution in [3.05, 3.63) is 24.3 Å². The van der Waals surface area contributed by atoms with Gasteiger partial charge in [0.15, 0.2) is 6.61 Å². The van der Waals surface area contributed by atoms with E-state index in [9.17, 15) is 4.79 Å². The van der Waals surface area contributed by atoms with Gasteiger partial charge in [0, 0.05) is 31.7 Å². The fourth-order valence-electron chi connectivity index (χ4n) is 4.74. The zero-order valence-electron chi connectivity index (χ0n) is 15.1. The van der Waals surface area contributed by atoms with Gasteiger partial charge in [0.2, 0.25) is 0 Å². The van der Waals surface area contributed by atoms with E-state index in [1.54, 1.807) is 0 Å². The van der Waals surface area contributed by atoms with Crippen LogP contribution in [0.1, 0.15) is 32.6 Å². The molecule has 2 saturated heterocycles. The quantitative estimate of drug-likeness (QED) is 0.911. The third-order valence-electron chi connectivity index (χ3n) is 6.13. The van der Waals surface area contributed by atoms with Crippen molar-refractivity contribution in [3.8, 4) is 5.75 Å². The number of amides is 1. The number of hydrogen-bond acceptors (Lipinski definition) is 4. The van der Waals surface area contributed by atoms with Crippen LogP contribution < -0.4 is 15.0 Å². The highest BCUT2D eigenvalue weighted by Crippen LogP contribution is 2.34. The Morgan fingerprint density at radius 3 is 3.04 bits per heavy atom. The number of para-hydroxylation sites is 2. The number of fused-ring (bicyclic) bond motifs is 2. The Hall–Kier alpha value is -1.59. The van der Waals surface area contributed by atoms with Gasteiger partial charge in [-0.05, 0) is 37.4 Å². The van der Waals surface area contributed by atoms with Gasteiger partial charge in [0.05, 0.1) is 5.69 Å². The van der Waals surface area contributed by atoms with E-state index in [2.05, 4.69) is 17.1 Å². The van der Waals surface area contributed by atoms with Gasteiger partial charge in [0.1, 0.15) is 5.75 Å². The molecule has 0 spiro atoms. The molecule has 3 atom stereocenters. The SMILES string of the molecule is CCC(CN1C(=O)COc2ccccc21)C1CNCC2CCCCN21. The Morgan fingerprint density at radius 2 is 2.16 bits per heavy atom. The van der Waals surface area contributed by atoms with Gasteiger partial charge in [-0.3, -0.25) is 9.69 Å². The molecule has 3 aliphatic rings. The normalized spacial score (nSPS) is 28.0. The Kier molecular flexibility index (Phi) is 4.95. The van der Waals surface area contributed by atoms with Crippen LogP contribution in [0.3, 0.4) is 0 Å². The zero-order valence-corrected chi connectivity index (χ0v) is 15.1. The fourth-order valence-corrected chi connectivity index (χ4v) is 4.74. The predicted molar refractivity (Wildman–Crippen MR) is 99.1 cm³/mol. The summed E-state index contributed by atoms with van der Waals surface area (Å²) in [6.07, 6.45) is 5.05. The molecule has 1 aromatic rings. The first-order chi connectivity index (χ1) is 12.3. The lowest BCUT2D eigenvalue weighted by atomic mass is 9.88. The average molecular weight is 343 g/mol. The zero-order chi connectivity index (χ0) is 17.2. The van der Waals surface area contributed by atoms with Crippen molar-refractivity contribution in [2.24, 2.45) is 5.92 Å². The molecule has 0 aliphatic carbocycles.